The predicted octanol–water partition coefficient (Wildman–Crippen LogP) is 2.42. The van der Waals surface area contributed by atoms with Gasteiger partial charge in [-0.2, -0.15) is 0 Å². The lowest BCUT2D eigenvalue weighted by Gasteiger charge is -2.19. The zero-order chi connectivity index (χ0) is 17.0. The first kappa shape index (κ1) is 20.1. The highest BCUT2D eigenvalue weighted by Gasteiger charge is 2.27. The quantitative estimate of drug-likeness (QED) is 0.666. The Hall–Kier alpha value is -1.95. The van der Waals surface area contributed by atoms with E-state index >= 15 is 0 Å². The average Bonchev–Trinajstić information content (AvgIpc) is 2.56. The molecule has 5 nitrogen and oxygen atoms in total. The highest BCUT2D eigenvalue weighted by Crippen LogP contribution is 2.24. The Kier molecular flexibility index (Phi) is 7.35. The molecule has 5 N–H and O–H groups in total. The van der Waals surface area contributed by atoms with E-state index < -0.39 is 23.8 Å². The Balaban J connectivity index is 0.00000288. The van der Waals surface area contributed by atoms with E-state index in [4.69, 9.17) is 11.5 Å². The van der Waals surface area contributed by atoms with Gasteiger partial charge in [0.1, 0.15) is 6.10 Å². The molecule has 2 aromatic rings. The van der Waals surface area contributed by atoms with E-state index in [9.17, 15) is 14.7 Å². The minimum atomic E-state index is -1.35. The number of hydrogen-bond acceptors (Lipinski definition) is 4. The first-order valence-electron chi connectivity index (χ1n) is 7.76. The maximum Gasteiger partial charge on any atom is 0.250 e. The first-order chi connectivity index (χ1) is 11.0. The minimum Gasteiger partial charge on any atom is -0.383 e. The Morgan fingerprint density at radius 1 is 1.17 bits per heavy atom. The molecule has 6 heteroatoms. The summed E-state index contributed by atoms with van der Waals surface area (Å²) >= 11 is 0. The fourth-order valence-electron chi connectivity index (χ4n) is 2.69. The van der Waals surface area contributed by atoms with Crippen LogP contribution in [-0.4, -0.2) is 28.9 Å². The Morgan fingerprint density at radius 3 is 2.46 bits per heavy atom. The third-order valence-corrected chi connectivity index (χ3v) is 4.01. The topological polar surface area (TPSA) is 106 Å². The number of amides is 1. The number of aliphatic hydroxyl groups excluding tert-OH is 1. The van der Waals surface area contributed by atoms with Crippen LogP contribution in [0.3, 0.4) is 0 Å². The van der Waals surface area contributed by atoms with Gasteiger partial charge in [0.15, 0.2) is 5.78 Å². The molecule has 0 heterocycles. The third-order valence-electron chi connectivity index (χ3n) is 4.01. The van der Waals surface area contributed by atoms with Gasteiger partial charge in [-0.05, 0) is 23.3 Å². The van der Waals surface area contributed by atoms with Crippen molar-refractivity contribution < 1.29 is 14.7 Å². The molecule has 2 rings (SSSR count). The number of nitrogens with two attached hydrogens (primary N) is 2. The van der Waals surface area contributed by atoms with E-state index in [1.54, 1.807) is 18.2 Å². The standard InChI is InChI=1S/C18H22N2O3.ClH/c1-2-3-8-14(19)17(22)16(21)13-10-9-11-6-4-5-7-12(11)15(13)18(20)23;/h4-7,9-10,14,17,22H,2-3,8,19H2,1H3,(H2,20,23);1H/t14-,17+;/m1./s1. The smallest absolute Gasteiger partial charge is 0.250 e. The number of benzene rings is 2. The van der Waals surface area contributed by atoms with Gasteiger partial charge in [-0.3, -0.25) is 9.59 Å². The normalized spacial score (nSPS) is 13.1. The first-order valence-corrected chi connectivity index (χ1v) is 7.76. The molecule has 0 radical (unpaired) electrons. The van der Waals surface area contributed by atoms with Crippen molar-refractivity contribution in [3.8, 4) is 0 Å². The van der Waals surface area contributed by atoms with Gasteiger partial charge in [-0.15, -0.1) is 12.4 Å². The van der Waals surface area contributed by atoms with Crippen LogP contribution in [0.25, 0.3) is 10.8 Å². The number of unbranched alkanes of at least 4 members (excludes halogenated alkanes) is 1. The van der Waals surface area contributed by atoms with Gasteiger partial charge in [-0.1, -0.05) is 50.1 Å². The molecule has 0 saturated heterocycles. The van der Waals surface area contributed by atoms with Crippen LogP contribution in [0.15, 0.2) is 36.4 Å². The van der Waals surface area contributed by atoms with Crippen molar-refractivity contribution in [2.75, 3.05) is 0 Å². The average molecular weight is 351 g/mol. The molecule has 0 unspecified atom stereocenters. The molecule has 2 aromatic carbocycles. The second kappa shape index (κ2) is 8.78. The summed E-state index contributed by atoms with van der Waals surface area (Å²) in [5.74, 6) is -1.26. The molecule has 1 amide bonds. The number of primary amides is 1. The van der Waals surface area contributed by atoms with E-state index in [2.05, 4.69) is 0 Å². The monoisotopic (exact) mass is 350 g/mol. The van der Waals surface area contributed by atoms with Crippen LogP contribution >= 0.6 is 12.4 Å². The van der Waals surface area contributed by atoms with Gasteiger partial charge in [0.05, 0.1) is 5.56 Å². The van der Waals surface area contributed by atoms with E-state index in [1.165, 1.54) is 6.07 Å². The summed E-state index contributed by atoms with van der Waals surface area (Å²) in [6.07, 6.45) is 0.951. The predicted molar refractivity (Wildman–Crippen MR) is 97.6 cm³/mol. The number of fused-ring (bicyclic) bond motifs is 1. The number of rotatable bonds is 7. The number of carbonyl (C=O) groups excluding carboxylic acids is 2. The zero-order valence-corrected chi connectivity index (χ0v) is 14.4. The molecular formula is C18H23ClN2O3. The summed E-state index contributed by atoms with van der Waals surface area (Å²) in [6, 6.07) is 9.78. The second-order valence-electron chi connectivity index (χ2n) is 5.69. The maximum absolute atomic E-state index is 12.6. The molecule has 0 aliphatic carbocycles. The number of Topliss-reactive ketones (excluding diaryl/α,β-unsaturated/α-hetero) is 1. The molecule has 24 heavy (non-hydrogen) atoms. The largest absolute Gasteiger partial charge is 0.383 e. The number of ketones is 1. The second-order valence-corrected chi connectivity index (χ2v) is 5.69. The number of hydrogen-bond donors (Lipinski definition) is 3. The van der Waals surface area contributed by atoms with Crippen LogP contribution < -0.4 is 11.5 Å². The summed E-state index contributed by atoms with van der Waals surface area (Å²) < 4.78 is 0. The Morgan fingerprint density at radius 2 is 1.83 bits per heavy atom. The van der Waals surface area contributed by atoms with Crippen molar-refractivity contribution in [2.24, 2.45) is 11.5 Å². The maximum atomic E-state index is 12.6. The lowest BCUT2D eigenvalue weighted by atomic mass is 9.91. The summed E-state index contributed by atoms with van der Waals surface area (Å²) in [7, 11) is 0. The van der Waals surface area contributed by atoms with E-state index in [0.717, 1.165) is 18.2 Å². The van der Waals surface area contributed by atoms with E-state index in [0.29, 0.717) is 11.8 Å². The number of carbonyl (C=O) groups is 2. The molecule has 0 spiro atoms. The number of halogens is 1. The van der Waals surface area contributed by atoms with Crippen LogP contribution in [0.1, 0.15) is 46.9 Å². The van der Waals surface area contributed by atoms with Gasteiger partial charge in [-0.25, -0.2) is 0 Å². The molecule has 0 aromatic heterocycles. The molecule has 0 bridgehead atoms. The minimum absolute atomic E-state index is 0. The summed E-state index contributed by atoms with van der Waals surface area (Å²) in [5.41, 5.74) is 11.6. The Labute approximate surface area is 147 Å². The van der Waals surface area contributed by atoms with Crippen LogP contribution in [0.5, 0.6) is 0 Å². The highest BCUT2D eigenvalue weighted by molar-refractivity contribution is 6.16. The van der Waals surface area contributed by atoms with Gasteiger partial charge in [0.2, 0.25) is 5.91 Å². The van der Waals surface area contributed by atoms with Gasteiger partial charge < -0.3 is 16.6 Å². The van der Waals surface area contributed by atoms with Crippen LogP contribution in [0.4, 0.5) is 0 Å². The summed E-state index contributed by atoms with van der Waals surface area (Å²) in [4.78, 5) is 24.4. The fraction of sp³-hybridized carbons (Fsp3) is 0.333. The Bertz CT molecular complexity index is 733. The lowest BCUT2D eigenvalue weighted by molar-refractivity contribution is 0.0681. The van der Waals surface area contributed by atoms with Crippen molar-refractivity contribution in [2.45, 2.75) is 38.3 Å². The van der Waals surface area contributed by atoms with Crippen molar-refractivity contribution in [3.63, 3.8) is 0 Å². The van der Waals surface area contributed by atoms with Gasteiger partial charge >= 0.3 is 0 Å². The summed E-state index contributed by atoms with van der Waals surface area (Å²) in [5, 5.41) is 11.6. The molecular weight excluding hydrogens is 328 g/mol. The van der Waals surface area contributed by atoms with Crippen LogP contribution in [0.2, 0.25) is 0 Å². The zero-order valence-electron chi connectivity index (χ0n) is 13.6. The van der Waals surface area contributed by atoms with Crippen molar-refractivity contribution in [1.82, 2.24) is 0 Å². The molecule has 130 valence electrons. The SMILES string of the molecule is CCCC[C@@H](N)[C@H](O)C(=O)c1ccc2ccccc2c1C(N)=O.Cl. The van der Waals surface area contributed by atoms with Crippen molar-refractivity contribution in [3.05, 3.63) is 47.5 Å². The van der Waals surface area contributed by atoms with E-state index in [1.807, 2.05) is 19.1 Å². The van der Waals surface area contributed by atoms with Gasteiger partial charge in [0, 0.05) is 11.6 Å². The van der Waals surface area contributed by atoms with Crippen LogP contribution in [0, 0.1) is 0 Å². The highest BCUT2D eigenvalue weighted by atomic mass is 35.5. The van der Waals surface area contributed by atoms with Gasteiger partial charge in [0.25, 0.3) is 0 Å². The third kappa shape index (κ3) is 4.12. The molecule has 0 aliphatic heterocycles. The van der Waals surface area contributed by atoms with Crippen molar-refractivity contribution >= 4 is 34.9 Å². The molecule has 0 fully saturated rings. The summed E-state index contributed by atoms with van der Waals surface area (Å²) in [6.45, 7) is 2.01. The van der Waals surface area contributed by atoms with Crippen LogP contribution in [-0.2, 0) is 0 Å². The lowest BCUT2D eigenvalue weighted by Crippen LogP contribution is -2.41. The molecule has 0 aliphatic rings. The fourth-order valence-corrected chi connectivity index (χ4v) is 2.69. The number of aliphatic hydroxyl groups is 1. The molecule has 0 saturated carbocycles. The molecule has 2 atom stereocenters. The van der Waals surface area contributed by atoms with E-state index in [-0.39, 0.29) is 23.5 Å². The van der Waals surface area contributed by atoms with Crippen molar-refractivity contribution in [1.29, 1.82) is 0 Å².